The standard InChI is InChI=1S/C10H17NO6/c1-3-15-9(12)10(2,11(13)14)5-4-8-16-6-7-17-8/h8H,3-7H2,1-2H3. The molecule has 7 heteroatoms. The van der Waals surface area contributed by atoms with E-state index < -0.39 is 22.7 Å². The van der Waals surface area contributed by atoms with Gasteiger partial charge in [0, 0.05) is 24.7 Å². The number of nitrogens with zero attached hydrogens (tertiary/aromatic N) is 1. The molecule has 1 heterocycles. The minimum Gasteiger partial charge on any atom is -0.461 e. The van der Waals surface area contributed by atoms with Crippen molar-refractivity contribution in [3.8, 4) is 0 Å². The van der Waals surface area contributed by atoms with E-state index in [0.29, 0.717) is 19.6 Å². The van der Waals surface area contributed by atoms with Crippen LogP contribution in [-0.4, -0.2) is 42.5 Å². The summed E-state index contributed by atoms with van der Waals surface area (Å²) in [4.78, 5) is 21.9. The third kappa shape index (κ3) is 3.37. The number of carbonyl (C=O) groups is 1. The van der Waals surface area contributed by atoms with Gasteiger partial charge in [0.15, 0.2) is 6.29 Å². The lowest BCUT2D eigenvalue weighted by atomic mass is 9.96. The van der Waals surface area contributed by atoms with E-state index in [2.05, 4.69) is 0 Å². The summed E-state index contributed by atoms with van der Waals surface area (Å²) in [6.45, 7) is 3.97. The van der Waals surface area contributed by atoms with E-state index in [1.807, 2.05) is 0 Å². The normalized spacial score (nSPS) is 19.9. The first-order chi connectivity index (χ1) is 8.00. The van der Waals surface area contributed by atoms with Crippen LogP contribution in [0, 0.1) is 10.1 Å². The first-order valence-electron chi connectivity index (χ1n) is 5.55. The molecule has 0 amide bonds. The van der Waals surface area contributed by atoms with Gasteiger partial charge in [-0.25, -0.2) is 4.79 Å². The van der Waals surface area contributed by atoms with Crippen molar-refractivity contribution >= 4 is 5.97 Å². The number of hydrogen-bond acceptors (Lipinski definition) is 6. The molecule has 0 radical (unpaired) electrons. The minimum absolute atomic E-state index is 0.0312. The molecule has 0 aromatic carbocycles. The highest BCUT2D eigenvalue weighted by molar-refractivity contribution is 5.78. The predicted octanol–water partition coefficient (Wildman–Crippen LogP) is 0.738. The largest absolute Gasteiger partial charge is 0.461 e. The molecule has 0 aromatic heterocycles. The zero-order valence-corrected chi connectivity index (χ0v) is 10.0. The number of carbonyl (C=O) groups excluding carboxylic acids is 1. The molecule has 98 valence electrons. The van der Waals surface area contributed by atoms with E-state index in [9.17, 15) is 14.9 Å². The van der Waals surface area contributed by atoms with Crippen molar-refractivity contribution in [2.24, 2.45) is 0 Å². The molecule has 0 aromatic rings. The van der Waals surface area contributed by atoms with Crippen molar-refractivity contribution < 1.29 is 23.9 Å². The molecule has 0 aliphatic carbocycles. The second kappa shape index (κ2) is 5.92. The van der Waals surface area contributed by atoms with Crippen molar-refractivity contribution in [1.82, 2.24) is 0 Å². The Kier molecular flexibility index (Phi) is 4.83. The molecule has 0 saturated carbocycles. The molecule has 1 atom stereocenters. The van der Waals surface area contributed by atoms with Crippen LogP contribution in [0.5, 0.6) is 0 Å². The highest BCUT2D eigenvalue weighted by Crippen LogP contribution is 2.22. The third-order valence-corrected chi connectivity index (χ3v) is 2.68. The second-order valence-corrected chi connectivity index (χ2v) is 3.96. The Hall–Kier alpha value is -1.21. The smallest absolute Gasteiger partial charge is 0.384 e. The zero-order valence-electron chi connectivity index (χ0n) is 10.0. The summed E-state index contributed by atoms with van der Waals surface area (Å²) < 4.78 is 15.1. The highest BCUT2D eigenvalue weighted by Gasteiger charge is 2.47. The Bertz CT molecular complexity index is 289. The summed E-state index contributed by atoms with van der Waals surface area (Å²) >= 11 is 0. The fraction of sp³-hybridized carbons (Fsp3) is 0.900. The van der Waals surface area contributed by atoms with Crippen LogP contribution in [0.15, 0.2) is 0 Å². The number of rotatable bonds is 6. The number of esters is 1. The van der Waals surface area contributed by atoms with Crippen molar-refractivity contribution in [3.63, 3.8) is 0 Å². The summed E-state index contributed by atoms with van der Waals surface area (Å²) in [5.74, 6) is -0.817. The lowest BCUT2D eigenvalue weighted by Gasteiger charge is -2.20. The Morgan fingerprint density at radius 1 is 1.53 bits per heavy atom. The molecule has 1 aliphatic rings. The van der Waals surface area contributed by atoms with Gasteiger partial charge in [-0.15, -0.1) is 0 Å². The Morgan fingerprint density at radius 2 is 2.12 bits per heavy atom. The molecule has 0 spiro atoms. The van der Waals surface area contributed by atoms with E-state index in [0.717, 1.165) is 0 Å². The third-order valence-electron chi connectivity index (χ3n) is 2.68. The van der Waals surface area contributed by atoms with Crippen molar-refractivity contribution in [1.29, 1.82) is 0 Å². The Labute approximate surface area is 99.2 Å². The fourth-order valence-electron chi connectivity index (χ4n) is 1.53. The van der Waals surface area contributed by atoms with Gasteiger partial charge in [0.1, 0.15) is 0 Å². The summed E-state index contributed by atoms with van der Waals surface area (Å²) in [7, 11) is 0. The van der Waals surface area contributed by atoms with Crippen LogP contribution >= 0.6 is 0 Å². The molecular formula is C10H17NO6. The lowest BCUT2D eigenvalue weighted by Crippen LogP contribution is -2.45. The first-order valence-corrected chi connectivity index (χ1v) is 5.55. The van der Waals surface area contributed by atoms with Gasteiger partial charge < -0.3 is 14.2 Å². The van der Waals surface area contributed by atoms with Crippen molar-refractivity contribution in [3.05, 3.63) is 10.1 Å². The molecule has 1 fully saturated rings. The maximum atomic E-state index is 11.6. The van der Waals surface area contributed by atoms with Gasteiger partial charge in [-0.2, -0.15) is 0 Å². The van der Waals surface area contributed by atoms with E-state index in [1.165, 1.54) is 6.92 Å². The Morgan fingerprint density at radius 3 is 2.59 bits per heavy atom. The van der Waals surface area contributed by atoms with Gasteiger partial charge in [-0.1, -0.05) is 0 Å². The van der Waals surface area contributed by atoms with Crippen LogP contribution in [0.4, 0.5) is 0 Å². The fourth-order valence-corrected chi connectivity index (χ4v) is 1.53. The maximum absolute atomic E-state index is 11.6. The van der Waals surface area contributed by atoms with Crippen LogP contribution in [0.2, 0.25) is 0 Å². The average molecular weight is 247 g/mol. The van der Waals surface area contributed by atoms with Crippen molar-refractivity contribution in [2.45, 2.75) is 38.5 Å². The first kappa shape index (κ1) is 13.9. The van der Waals surface area contributed by atoms with Gasteiger partial charge in [0.25, 0.3) is 0 Å². The molecule has 1 unspecified atom stereocenters. The molecule has 0 bridgehead atoms. The monoisotopic (exact) mass is 247 g/mol. The van der Waals surface area contributed by atoms with E-state index in [1.54, 1.807) is 6.92 Å². The summed E-state index contributed by atoms with van der Waals surface area (Å²) in [6, 6.07) is 0. The van der Waals surface area contributed by atoms with E-state index >= 15 is 0 Å². The van der Waals surface area contributed by atoms with Gasteiger partial charge >= 0.3 is 11.5 Å². The van der Waals surface area contributed by atoms with Gasteiger partial charge in [0.2, 0.25) is 0 Å². The molecule has 17 heavy (non-hydrogen) atoms. The predicted molar refractivity (Wildman–Crippen MR) is 57.0 cm³/mol. The molecule has 1 rings (SSSR count). The highest BCUT2D eigenvalue weighted by atomic mass is 16.7. The molecular weight excluding hydrogens is 230 g/mol. The van der Waals surface area contributed by atoms with Gasteiger partial charge in [-0.05, 0) is 6.92 Å². The Balaban J connectivity index is 2.57. The number of hydrogen-bond donors (Lipinski definition) is 0. The topological polar surface area (TPSA) is 87.9 Å². The van der Waals surface area contributed by atoms with Crippen LogP contribution in [-0.2, 0) is 19.0 Å². The zero-order chi connectivity index (χ0) is 12.9. The average Bonchev–Trinajstić information content (AvgIpc) is 2.78. The van der Waals surface area contributed by atoms with Gasteiger partial charge in [0.05, 0.1) is 19.8 Å². The molecule has 7 nitrogen and oxygen atoms in total. The van der Waals surface area contributed by atoms with E-state index in [-0.39, 0.29) is 13.0 Å². The summed E-state index contributed by atoms with van der Waals surface area (Å²) in [5, 5.41) is 11.0. The van der Waals surface area contributed by atoms with E-state index in [4.69, 9.17) is 14.2 Å². The SMILES string of the molecule is CCOC(=O)C(C)(CCC1OCCO1)[N+](=O)[O-]. The van der Waals surface area contributed by atoms with Crippen LogP contribution in [0.3, 0.4) is 0 Å². The van der Waals surface area contributed by atoms with Crippen molar-refractivity contribution in [2.75, 3.05) is 19.8 Å². The van der Waals surface area contributed by atoms with Crippen LogP contribution in [0.1, 0.15) is 26.7 Å². The molecule has 1 saturated heterocycles. The molecule has 1 aliphatic heterocycles. The van der Waals surface area contributed by atoms with Crippen LogP contribution in [0.25, 0.3) is 0 Å². The number of ether oxygens (including phenoxy) is 3. The lowest BCUT2D eigenvalue weighted by molar-refractivity contribution is -0.552. The maximum Gasteiger partial charge on any atom is 0.384 e. The summed E-state index contributed by atoms with van der Waals surface area (Å²) in [5.41, 5.74) is -1.73. The summed E-state index contributed by atoms with van der Waals surface area (Å²) in [6.07, 6.45) is -0.122. The quantitative estimate of drug-likeness (QED) is 0.391. The second-order valence-electron chi connectivity index (χ2n) is 3.96. The number of nitro groups is 1. The van der Waals surface area contributed by atoms with Gasteiger partial charge in [-0.3, -0.25) is 10.1 Å². The molecule has 0 N–H and O–H groups in total. The van der Waals surface area contributed by atoms with Crippen LogP contribution < -0.4 is 0 Å². The minimum atomic E-state index is -1.73.